The topological polar surface area (TPSA) is 94.5 Å². The molecule has 2 amide bonds. The Bertz CT molecular complexity index is 1720. The summed E-state index contributed by atoms with van der Waals surface area (Å²) in [6.07, 6.45) is 4.60. The molecule has 11 heteroatoms. The van der Waals surface area contributed by atoms with Gasteiger partial charge in [0.2, 0.25) is 11.8 Å². The van der Waals surface area contributed by atoms with E-state index in [-0.39, 0.29) is 36.8 Å². The third-order valence-corrected chi connectivity index (χ3v) is 8.68. The van der Waals surface area contributed by atoms with E-state index in [0.717, 1.165) is 41.3 Å². The number of amides is 2. The second kappa shape index (κ2) is 14.4. The molecule has 6 rings (SSSR count). The fourth-order valence-corrected chi connectivity index (χ4v) is 6.21. The number of nitrogens with zero attached hydrogens (tertiary/aromatic N) is 3. The normalized spacial score (nSPS) is 16.4. The predicted molar refractivity (Wildman–Crippen MR) is 176 cm³/mol. The van der Waals surface area contributed by atoms with Crippen LogP contribution in [0.2, 0.25) is 0 Å². The molecule has 47 heavy (non-hydrogen) atoms. The summed E-state index contributed by atoms with van der Waals surface area (Å²) in [4.78, 5) is 31.3. The molecule has 1 aliphatic heterocycles. The number of rotatable bonds is 14. The van der Waals surface area contributed by atoms with Gasteiger partial charge in [0.25, 0.3) is 0 Å². The number of carbonyl (C=O) groups excluding carboxylic acids is 2. The van der Waals surface area contributed by atoms with Crippen molar-refractivity contribution in [3.05, 3.63) is 83.8 Å². The van der Waals surface area contributed by atoms with E-state index in [1.165, 1.54) is 12.1 Å². The maximum absolute atomic E-state index is 14.4. The van der Waals surface area contributed by atoms with E-state index in [4.69, 9.17) is 18.9 Å². The number of fused-ring (bicyclic) bond motifs is 1. The summed E-state index contributed by atoms with van der Waals surface area (Å²) in [5.41, 5.74) is 3.24. The lowest BCUT2D eigenvalue weighted by Gasteiger charge is -2.38. The van der Waals surface area contributed by atoms with Gasteiger partial charge in [0.1, 0.15) is 35.7 Å². The van der Waals surface area contributed by atoms with E-state index < -0.39 is 6.04 Å². The number of anilines is 1. The average molecular weight is 645 g/mol. The molecule has 1 atom stereocenters. The first-order chi connectivity index (χ1) is 22.9. The highest BCUT2D eigenvalue weighted by atomic mass is 19.1. The van der Waals surface area contributed by atoms with Crippen molar-refractivity contribution < 1.29 is 32.9 Å². The Hall–Kier alpha value is -4.61. The van der Waals surface area contributed by atoms with Crippen LogP contribution in [0.5, 0.6) is 17.2 Å². The number of halogens is 1. The summed E-state index contributed by atoms with van der Waals surface area (Å²) in [6.45, 7) is 2.35. The van der Waals surface area contributed by atoms with Crippen molar-refractivity contribution in [3.63, 3.8) is 0 Å². The van der Waals surface area contributed by atoms with Crippen LogP contribution in [0.15, 0.2) is 66.9 Å². The van der Waals surface area contributed by atoms with Gasteiger partial charge in [-0.15, -0.1) is 0 Å². The summed E-state index contributed by atoms with van der Waals surface area (Å²) in [7, 11) is 4.86. The molecule has 2 heterocycles. The number of ether oxygens (including phenoxy) is 4. The first kappa shape index (κ1) is 32.3. The highest BCUT2D eigenvalue weighted by Crippen LogP contribution is 2.34. The van der Waals surface area contributed by atoms with Crippen molar-refractivity contribution >= 4 is 28.4 Å². The van der Waals surface area contributed by atoms with E-state index in [2.05, 4.69) is 9.88 Å². The lowest BCUT2D eigenvalue weighted by molar-refractivity contribution is -0.136. The number of methoxy groups -OCH3 is 3. The maximum atomic E-state index is 14.4. The van der Waals surface area contributed by atoms with Gasteiger partial charge in [0.15, 0.2) is 0 Å². The molecule has 10 nitrogen and oxygen atoms in total. The lowest BCUT2D eigenvalue weighted by atomic mass is 10.1. The molecule has 3 aromatic carbocycles. The number of nitrogens with one attached hydrogen (secondary N) is 1. The van der Waals surface area contributed by atoms with Crippen LogP contribution in [0.3, 0.4) is 0 Å². The van der Waals surface area contributed by atoms with Gasteiger partial charge < -0.3 is 33.7 Å². The molecule has 0 spiro atoms. The number of benzene rings is 3. The molecule has 1 N–H and O–H groups in total. The van der Waals surface area contributed by atoms with E-state index in [9.17, 15) is 14.0 Å². The zero-order valence-corrected chi connectivity index (χ0v) is 27.0. The molecule has 1 aliphatic carbocycles. The summed E-state index contributed by atoms with van der Waals surface area (Å²) < 4.78 is 38.6. The van der Waals surface area contributed by atoms with Crippen LogP contribution < -0.4 is 24.4 Å². The second-order valence-electron chi connectivity index (χ2n) is 12.0. The van der Waals surface area contributed by atoms with Crippen LogP contribution in [0, 0.1) is 5.82 Å². The van der Waals surface area contributed by atoms with Crippen LogP contribution in [0.25, 0.3) is 10.9 Å². The van der Waals surface area contributed by atoms with Gasteiger partial charge in [0, 0.05) is 74.3 Å². The Kier molecular flexibility index (Phi) is 9.93. The lowest BCUT2D eigenvalue weighted by Crippen LogP contribution is -2.61. The molecule has 1 aromatic heterocycles. The standard InChI is InChI=1S/C36H41FN4O6/c1-44-13-5-12-39-21-25(32-16-26(37)8-11-33(32)39)22-40(27-9-10-27)36(43)34-19-38-20-35(42)41(34)28-6-4-7-29(17-28)47-23-24-14-30(45-2)18-31(15-24)46-3/h4,6-8,11,14-18,21,27,34,38H,5,9-10,12-13,19-20,22-23H2,1-3H3. The van der Waals surface area contributed by atoms with Crippen LogP contribution in [0.4, 0.5) is 10.1 Å². The SMILES string of the molecule is COCCCn1cc(CN(C(=O)C2CNCC(=O)N2c2cccc(OCc3cc(OC)cc(OC)c3)c2)C2CC2)c2cc(F)ccc21. The monoisotopic (exact) mass is 644 g/mol. The van der Waals surface area contributed by atoms with Crippen molar-refractivity contribution in [2.24, 2.45) is 0 Å². The number of aromatic nitrogens is 1. The summed E-state index contributed by atoms with van der Waals surface area (Å²) in [5.74, 6) is 1.22. The number of aryl methyl sites for hydroxylation is 1. The second-order valence-corrected chi connectivity index (χ2v) is 12.0. The van der Waals surface area contributed by atoms with Gasteiger partial charge in [-0.25, -0.2) is 4.39 Å². The Labute approximate surface area is 273 Å². The van der Waals surface area contributed by atoms with E-state index >= 15 is 0 Å². The van der Waals surface area contributed by atoms with Crippen LogP contribution in [-0.2, 0) is 34.0 Å². The fourth-order valence-electron chi connectivity index (χ4n) is 6.21. The third kappa shape index (κ3) is 7.36. The van der Waals surface area contributed by atoms with Gasteiger partial charge in [-0.05, 0) is 72.9 Å². The molecule has 2 fully saturated rings. The van der Waals surface area contributed by atoms with Crippen molar-refractivity contribution in [3.8, 4) is 17.2 Å². The fraction of sp³-hybridized carbons (Fsp3) is 0.389. The van der Waals surface area contributed by atoms with Crippen molar-refractivity contribution in [1.82, 2.24) is 14.8 Å². The maximum Gasteiger partial charge on any atom is 0.247 e. The number of piperazine rings is 1. The Balaban J connectivity index is 1.24. The molecular formula is C36H41FN4O6. The van der Waals surface area contributed by atoms with Gasteiger partial charge in [-0.3, -0.25) is 14.5 Å². The molecule has 1 saturated heterocycles. The molecular weight excluding hydrogens is 603 g/mol. The molecule has 0 bridgehead atoms. The number of hydrogen-bond donors (Lipinski definition) is 1. The van der Waals surface area contributed by atoms with Gasteiger partial charge in [-0.2, -0.15) is 0 Å². The van der Waals surface area contributed by atoms with Gasteiger partial charge in [0.05, 0.1) is 20.8 Å². The summed E-state index contributed by atoms with van der Waals surface area (Å²) in [6, 6.07) is 16.9. The Morgan fingerprint density at radius 3 is 2.51 bits per heavy atom. The van der Waals surface area contributed by atoms with Crippen molar-refractivity contribution in [2.75, 3.05) is 45.9 Å². The quantitative estimate of drug-likeness (QED) is 0.195. The van der Waals surface area contributed by atoms with Crippen LogP contribution in [-0.4, -0.2) is 74.4 Å². The average Bonchev–Trinajstić information content (AvgIpc) is 3.88. The molecule has 4 aromatic rings. The minimum atomic E-state index is -0.749. The highest BCUT2D eigenvalue weighted by Gasteiger charge is 2.41. The summed E-state index contributed by atoms with van der Waals surface area (Å²) >= 11 is 0. The van der Waals surface area contributed by atoms with Gasteiger partial charge >= 0.3 is 0 Å². The number of hydrogen-bond acceptors (Lipinski definition) is 7. The Morgan fingerprint density at radius 2 is 1.79 bits per heavy atom. The first-order valence-electron chi connectivity index (χ1n) is 15.9. The van der Waals surface area contributed by atoms with Crippen molar-refractivity contribution in [1.29, 1.82) is 0 Å². The van der Waals surface area contributed by atoms with E-state index in [1.807, 2.05) is 41.4 Å². The molecule has 0 radical (unpaired) electrons. The molecule has 248 valence electrons. The van der Waals surface area contributed by atoms with Gasteiger partial charge in [-0.1, -0.05) is 6.07 Å². The molecule has 1 saturated carbocycles. The van der Waals surface area contributed by atoms with Crippen molar-refractivity contribution in [2.45, 2.75) is 51.0 Å². The zero-order chi connectivity index (χ0) is 32.9. The molecule has 1 unspecified atom stereocenters. The third-order valence-electron chi connectivity index (χ3n) is 8.68. The zero-order valence-electron chi connectivity index (χ0n) is 27.0. The molecule has 2 aliphatic rings. The predicted octanol–water partition coefficient (Wildman–Crippen LogP) is 4.91. The van der Waals surface area contributed by atoms with E-state index in [1.54, 1.807) is 44.4 Å². The summed E-state index contributed by atoms with van der Waals surface area (Å²) in [5, 5.41) is 3.92. The number of carbonyl (C=O) groups is 2. The minimum absolute atomic E-state index is 0.0661. The van der Waals surface area contributed by atoms with Crippen LogP contribution >= 0.6 is 0 Å². The smallest absolute Gasteiger partial charge is 0.247 e. The largest absolute Gasteiger partial charge is 0.497 e. The van der Waals surface area contributed by atoms with E-state index in [0.29, 0.717) is 49.2 Å². The van der Waals surface area contributed by atoms with Crippen LogP contribution in [0.1, 0.15) is 30.4 Å². The minimum Gasteiger partial charge on any atom is -0.497 e. The highest BCUT2D eigenvalue weighted by molar-refractivity contribution is 6.03. The Morgan fingerprint density at radius 1 is 1.00 bits per heavy atom. The first-order valence-corrected chi connectivity index (χ1v) is 15.9.